The number of aryl methyl sites for hydroxylation is 1. The predicted octanol–water partition coefficient (Wildman–Crippen LogP) is 4.22. The molecule has 3 aromatic rings. The first-order valence-electron chi connectivity index (χ1n) is 5.77. The molecule has 1 aromatic heterocycles. The lowest BCUT2D eigenvalue weighted by Gasteiger charge is -2.09. The average Bonchev–Trinajstić information content (AvgIpc) is 2.66. The molecule has 0 saturated carbocycles. The Hall–Kier alpha value is -1.71. The number of rotatable bonds is 1. The maximum Gasteiger partial charge on any atom is 0.205 e. The Labute approximate surface area is 120 Å². The van der Waals surface area contributed by atoms with Gasteiger partial charge in [0.2, 0.25) is 5.95 Å². The number of nitrogen functional groups attached to an aromatic ring is 1. The van der Waals surface area contributed by atoms with Gasteiger partial charge in [-0.2, -0.15) is 0 Å². The van der Waals surface area contributed by atoms with Crippen molar-refractivity contribution in [2.24, 2.45) is 0 Å². The summed E-state index contributed by atoms with van der Waals surface area (Å²) in [7, 11) is 0. The fourth-order valence-corrected chi connectivity index (χ4v) is 2.47. The van der Waals surface area contributed by atoms with E-state index in [1.807, 2.05) is 35.8 Å². The van der Waals surface area contributed by atoms with Gasteiger partial charge in [0.25, 0.3) is 0 Å². The Bertz CT molecular complexity index is 778. The summed E-state index contributed by atoms with van der Waals surface area (Å²) in [6.07, 6.45) is 0. The number of nitrogens with zero attached hydrogens (tertiary/aromatic N) is 2. The standard InChI is InChI=1S/C14H11Cl2N3/c1-8-4-2-3-5-12(8)19-13-7-10(16)9(15)6-11(13)18-14(19)17/h2-7H,1H3,(H2,17,18). The molecule has 5 heteroatoms. The number of halogens is 2. The molecule has 0 atom stereocenters. The molecule has 96 valence electrons. The van der Waals surface area contributed by atoms with E-state index in [4.69, 9.17) is 28.9 Å². The lowest BCUT2D eigenvalue weighted by molar-refractivity contribution is 1.09. The van der Waals surface area contributed by atoms with Crippen molar-refractivity contribution in [3.8, 4) is 5.69 Å². The van der Waals surface area contributed by atoms with Crippen molar-refractivity contribution in [2.75, 3.05) is 5.73 Å². The highest BCUT2D eigenvalue weighted by Gasteiger charge is 2.13. The second kappa shape index (κ2) is 4.44. The summed E-state index contributed by atoms with van der Waals surface area (Å²) in [6.45, 7) is 2.03. The SMILES string of the molecule is Cc1ccccc1-n1c(N)nc2cc(Cl)c(Cl)cc21. The molecule has 1 heterocycles. The van der Waals surface area contributed by atoms with Crippen LogP contribution in [0, 0.1) is 6.92 Å². The fourth-order valence-electron chi connectivity index (χ4n) is 2.16. The molecule has 0 amide bonds. The van der Waals surface area contributed by atoms with E-state index >= 15 is 0 Å². The summed E-state index contributed by atoms with van der Waals surface area (Å²) in [6, 6.07) is 11.5. The minimum atomic E-state index is 0.419. The predicted molar refractivity (Wildman–Crippen MR) is 80.2 cm³/mol. The third-order valence-corrected chi connectivity index (χ3v) is 3.80. The number of nitrogens with two attached hydrogens (primary N) is 1. The molecule has 0 radical (unpaired) electrons. The molecule has 3 nitrogen and oxygen atoms in total. The topological polar surface area (TPSA) is 43.8 Å². The van der Waals surface area contributed by atoms with Gasteiger partial charge in [0, 0.05) is 0 Å². The molecule has 0 aliphatic rings. The van der Waals surface area contributed by atoms with E-state index < -0.39 is 0 Å². The molecule has 19 heavy (non-hydrogen) atoms. The number of hydrogen-bond acceptors (Lipinski definition) is 2. The van der Waals surface area contributed by atoms with Crippen molar-refractivity contribution in [2.45, 2.75) is 6.92 Å². The van der Waals surface area contributed by atoms with Crippen molar-refractivity contribution in [1.82, 2.24) is 9.55 Å². The number of imidazole rings is 1. The molecular formula is C14H11Cl2N3. The Balaban J connectivity index is 2.38. The van der Waals surface area contributed by atoms with Gasteiger partial charge in [-0.1, -0.05) is 41.4 Å². The van der Waals surface area contributed by atoms with Gasteiger partial charge in [0.05, 0.1) is 26.8 Å². The maximum absolute atomic E-state index is 6.08. The summed E-state index contributed by atoms with van der Waals surface area (Å²) in [4.78, 5) is 4.33. The van der Waals surface area contributed by atoms with Crippen molar-refractivity contribution in [3.05, 3.63) is 52.0 Å². The second-order valence-corrected chi connectivity index (χ2v) is 5.16. The first-order valence-corrected chi connectivity index (χ1v) is 6.52. The van der Waals surface area contributed by atoms with Crippen molar-refractivity contribution >= 4 is 40.2 Å². The second-order valence-electron chi connectivity index (χ2n) is 4.35. The number of fused-ring (bicyclic) bond motifs is 1. The Morgan fingerprint density at radius 2 is 1.79 bits per heavy atom. The lowest BCUT2D eigenvalue weighted by atomic mass is 10.2. The first kappa shape index (κ1) is 12.3. The van der Waals surface area contributed by atoms with Gasteiger partial charge in [-0.3, -0.25) is 4.57 Å². The van der Waals surface area contributed by atoms with E-state index in [9.17, 15) is 0 Å². The summed E-state index contributed by atoms with van der Waals surface area (Å²) < 4.78 is 1.88. The molecule has 0 bridgehead atoms. The summed E-state index contributed by atoms with van der Waals surface area (Å²) in [5, 5.41) is 0.965. The van der Waals surface area contributed by atoms with Crippen LogP contribution in [0.5, 0.6) is 0 Å². The zero-order valence-corrected chi connectivity index (χ0v) is 11.7. The van der Waals surface area contributed by atoms with Gasteiger partial charge in [0.15, 0.2) is 0 Å². The van der Waals surface area contributed by atoms with Crippen LogP contribution in [-0.2, 0) is 0 Å². The van der Waals surface area contributed by atoms with Gasteiger partial charge in [-0.25, -0.2) is 4.98 Å². The summed E-state index contributed by atoms with van der Waals surface area (Å²) in [5.41, 5.74) is 9.70. The van der Waals surface area contributed by atoms with Crippen LogP contribution in [0.4, 0.5) is 5.95 Å². The van der Waals surface area contributed by atoms with E-state index in [0.717, 1.165) is 22.3 Å². The zero-order valence-electron chi connectivity index (χ0n) is 10.2. The minimum absolute atomic E-state index is 0.419. The summed E-state index contributed by atoms with van der Waals surface area (Å²) in [5.74, 6) is 0.419. The maximum atomic E-state index is 6.08. The van der Waals surface area contributed by atoms with Gasteiger partial charge < -0.3 is 5.73 Å². The van der Waals surface area contributed by atoms with Gasteiger partial charge >= 0.3 is 0 Å². The average molecular weight is 292 g/mol. The molecule has 0 aliphatic heterocycles. The highest BCUT2D eigenvalue weighted by Crippen LogP contribution is 2.31. The lowest BCUT2D eigenvalue weighted by Crippen LogP contribution is -2.02. The van der Waals surface area contributed by atoms with E-state index in [1.165, 1.54) is 0 Å². The fraction of sp³-hybridized carbons (Fsp3) is 0.0714. The third-order valence-electron chi connectivity index (χ3n) is 3.08. The normalized spacial score (nSPS) is 11.1. The van der Waals surface area contributed by atoms with E-state index in [-0.39, 0.29) is 0 Å². The molecule has 2 aromatic carbocycles. The van der Waals surface area contributed by atoms with Gasteiger partial charge in [-0.15, -0.1) is 0 Å². The zero-order chi connectivity index (χ0) is 13.6. The number of aromatic nitrogens is 2. The van der Waals surface area contributed by atoms with Crippen LogP contribution in [0.15, 0.2) is 36.4 Å². The summed E-state index contributed by atoms with van der Waals surface area (Å²) >= 11 is 12.1. The van der Waals surface area contributed by atoms with E-state index in [0.29, 0.717) is 16.0 Å². The van der Waals surface area contributed by atoms with Gasteiger partial charge in [0.1, 0.15) is 0 Å². The smallest absolute Gasteiger partial charge is 0.205 e. The minimum Gasteiger partial charge on any atom is -0.369 e. The molecule has 0 saturated heterocycles. The number of anilines is 1. The van der Waals surface area contributed by atoms with Crippen LogP contribution in [0.2, 0.25) is 10.0 Å². The molecule has 0 aliphatic carbocycles. The van der Waals surface area contributed by atoms with E-state index in [2.05, 4.69) is 4.98 Å². The quantitative estimate of drug-likeness (QED) is 0.729. The Kier molecular flexibility index (Phi) is 2.88. The Morgan fingerprint density at radius 1 is 1.11 bits per heavy atom. The first-order chi connectivity index (χ1) is 9.08. The highest BCUT2D eigenvalue weighted by molar-refractivity contribution is 6.42. The Morgan fingerprint density at radius 3 is 2.53 bits per heavy atom. The van der Waals surface area contributed by atoms with Crippen LogP contribution >= 0.6 is 23.2 Å². The molecule has 0 spiro atoms. The largest absolute Gasteiger partial charge is 0.369 e. The number of benzene rings is 2. The van der Waals surface area contributed by atoms with Crippen LogP contribution in [0.3, 0.4) is 0 Å². The van der Waals surface area contributed by atoms with Crippen LogP contribution in [-0.4, -0.2) is 9.55 Å². The molecule has 3 rings (SSSR count). The van der Waals surface area contributed by atoms with Crippen LogP contribution in [0.1, 0.15) is 5.56 Å². The van der Waals surface area contributed by atoms with Crippen molar-refractivity contribution in [3.63, 3.8) is 0 Å². The molecule has 0 fully saturated rings. The molecule has 0 unspecified atom stereocenters. The van der Waals surface area contributed by atoms with Gasteiger partial charge in [-0.05, 0) is 30.7 Å². The van der Waals surface area contributed by atoms with E-state index in [1.54, 1.807) is 12.1 Å². The van der Waals surface area contributed by atoms with Crippen LogP contribution in [0.25, 0.3) is 16.7 Å². The molecular weight excluding hydrogens is 281 g/mol. The molecule has 2 N–H and O–H groups in total. The number of hydrogen-bond donors (Lipinski definition) is 1. The van der Waals surface area contributed by atoms with Crippen LogP contribution < -0.4 is 5.73 Å². The third kappa shape index (κ3) is 1.95. The van der Waals surface area contributed by atoms with Crippen molar-refractivity contribution < 1.29 is 0 Å². The number of para-hydroxylation sites is 1. The monoisotopic (exact) mass is 291 g/mol. The highest BCUT2D eigenvalue weighted by atomic mass is 35.5. The van der Waals surface area contributed by atoms with Crippen molar-refractivity contribution in [1.29, 1.82) is 0 Å².